The van der Waals surface area contributed by atoms with Crippen LogP contribution in [0.4, 0.5) is 0 Å². The van der Waals surface area contributed by atoms with Gasteiger partial charge in [-0.1, -0.05) is 35.4 Å². The van der Waals surface area contributed by atoms with Gasteiger partial charge in [0.05, 0.1) is 19.3 Å². The first-order valence-corrected chi connectivity index (χ1v) is 6.94. The molecule has 14 heavy (non-hydrogen) atoms. The van der Waals surface area contributed by atoms with Gasteiger partial charge in [-0.2, -0.15) is 0 Å². The Hall–Kier alpha value is 0.650. The number of hydrogen-bond donors (Lipinski definition) is 0. The standard InChI is InChI=1S/C11H19IO2/c12-10-3-1-2-4-11(10)14-8-9-5-6-13-7-9/h9-11H,1-8H2. The largest absolute Gasteiger partial charge is 0.381 e. The lowest BCUT2D eigenvalue weighted by Crippen LogP contribution is -2.29. The van der Waals surface area contributed by atoms with Crippen LogP contribution >= 0.6 is 22.6 Å². The fourth-order valence-corrected chi connectivity index (χ4v) is 3.22. The summed E-state index contributed by atoms with van der Waals surface area (Å²) in [4.78, 5) is 0. The molecule has 3 heteroatoms. The molecule has 0 aromatic rings. The van der Waals surface area contributed by atoms with E-state index in [1.54, 1.807) is 0 Å². The van der Waals surface area contributed by atoms with E-state index in [1.807, 2.05) is 0 Å². The predicted octanol–water partition coefficient (Wildman–Crippen LogP) is 2.79. The molecule has 2 fully saturated rings. The number of halogens is 1. The molecule has 1 saturated carbocycles. The third-order valence-corrected chi connectivity index (χ3v) is 4.62. The molecule has 2 aliphatic rings. The van der Waals surface area contributed by atoms with Crippen molar-refractivity contribution < 1.29 is 9.47 Å². The van der Waals surface area contributed by atoms with Crippen molar-refractivity contribution in [3.05, 3.63) is 0 Å². The first kappa shape index (κ1) is 11.1. The molecule has 1 heterocycles. The lowest BCUT2D eigenvalue weighted by Gasteiger charge is -2.28. The number of alkyl halides is 1. The van der Waals surface area contributed by atoms with Crippen LogP contribution in [0.2, 0.25) is 0 Å². The SMILES string of the molecule is IC1CCCCC1OCC1CCOC1. The van der Waals surface area contributed by atoms with Gasteiger partial charge in [0.15, 0.2) is 0 Å². The van der Waals surface area contributed by atoms with Gasteiger partial charge >= 0.3 is 0 Å². The zero-order valence-corrected chi connectivity index (χ0v) is 10.7. The monoisotopic (exact) mass is 310 g/mol. The number of ether oxygens (including phenoxy) is 2. The molecule has 0 spiro atoms. The van der Waals surface area contributed by atoms with Crippen molar-refractivity contribution in [1.82, 2.24) is 0 Å². The van der Waals surface area contributed by atoms with Crippen molar-refractivity contribution in [2.45, 2.75) is 42.1 Å². The Morgan fingerprint density at radius 1 is 1.21 bits per heavy atom. The van der Waals surface area contributed by atoms with Gasteiger partial charge < -0.3 is 9.47 Å². The minimum absolute atomic E-state index is 0.518. The zero-order valence-electron chi connectivity index (χ0n) is 8.58. The minimum atomic E-state index is 0.518. The second-order valence-electron chi connectivity index (χ2n) is 4.40. The maximum absolute atomic E-state index is 5.99. The second kappa shape index (κ2) is 5.66. The fraction of sp³-hybridized carbons (Fsp3) is 1.00. The molecule has 3 atom stereocenters. The Balaban J connectivity index is 1.67. The van der Waals surface area contributed by atoms with Crippen LogP contribution in [0.3, 0.4) is 0 Å². The molecule has 2 rings (SSSR count). The van der Waals surface area contributed by atoms with Crippen LogP contribution in [0.1, 0.15) is 32.1 Å². The van der Waals surface area contributed by atoms with E-state index in [0.29, 0.717) is 12.0 Å². The molecule has 0 bridgehead atoms. The zero-order chi connectivity index (χ0) is 9.80. The van der Waals surface area contributed by atoms with E-state index in [9.17, 15) is 0 Å². The van der Waals surface area contributed by atoms with E-state index in [-0.39, 0.29) is 0 Å². The van der Waals surface area contributed by atoms with Crippen LogP contribution in [0.25, 0.3) is 0 Å². The van der Waals surface area contributed by atoms with Crippen molar-refractivity contribution in [1.29, 1.82) is 0 Å². The highest BCUT2D eigenvalue weighted by molar-refractivity contribution is 14.1. The topological polar surface area (TPSA) is 18.5 Å². The third-order valence-electron chi connectivity index (χ3n) is 3.19. The molecule has 0 amide bonds. The van der Waals surface area contributed by atoms with Gasteiger partial charge in [-0.15, -0.1) is 0 Å². The molecule has 1 saturated heterocycles. The predicted molar refractivity (Wildman–Crippen MR) is 64.9 cm³/mol. The van der Waals surface area contributed by atoms with Gasteiger partial charge in [-0.3, -0.25) is 0 Å². The molecule has 2 nitrogen and oxygen atoms in total. The highest BCUT2D eigenvalue weighted by Gasteiger charge is 2.25. The summed E-state index contributed by atoms with van der Waals surface area (Å²) in [6.07, 6.45) is 7.06. The van der Waals surface area contributed by atoms with Gasteiger partial charge in [0.2, 0.25) is 0 Å². The van der Waals surface area contributed by atoms with Crippen molar-refractivity contribution in [2.75, 3.05) is 19.8 Å². The molecule has 1 aliphatic heterocycles. The van der Waals surface area contributed by atoms with Crippen LogP contribution in [0.5, 0.6) is 0 Å². The maximum atomic E-state index is 5.99. The van der Waals surface area contributed by atoms with Crippen molar-refractivity contribution in [3.63, 3.8) is 0 Å². The van der Waals surface area contributed by atoms with Gasteiger partial charge in [-0.05, 0) is 19.3 Å². The summed E-state index contributed by atoms with van der Waals surface area (Å²) >= 11 is 2.55. The van der Waals surface area contributed by atoms with Gasteiger partial charge in [0.25, 0.3) is 0 Å². The van der Waals surface area contributed by atoms with Crippen LogP contribution < -0.4 is 0 Å². The van der Waals surface area contributed by atoms with Crippen molar-refractivity contribution >= 4 is 22.6 Å². The Kier molecular flexibility index (Phi) is 4.50. The summed E-state index contributed by atoms with van der Waals surface area (Å²) in [7, 11) is 0. The molecular formula is C11H19IO2. The summed E-state index contributed by atoms with van der Waals surface area (Å²) < 4.78 is 12.1. The lowest BCUT2D eigenvalue weighted by molar-refractivity contribution is 0.0128. The summed E-state index contributed by atoms with van der Waals surface area (Å²) in [6.45, 7) is 2.77. The summed E-state index contributed by atoms with van der Waals surface area (Å²) in [5, 5.41) is 0. The first-order valence-electron chi connectivity index (χ1n) is 5.69. The number of rotatable bonds is 3. The lowest BCUT2D eigenvalue weighted by atomic mass is 9.97. The van der Waals surface area contributed by atoms with E-state index >= 15 is 0 Å². The number of hydrogen-bond acceptors (Lipinski definition) is 2. The molecule has 3 unspecified atom stereocenters. The molecule has 82 valence electrons. The average molecular weight is 310 g/mol. The Morgan fingerprint density at radius 2 is 2.07 bits per heavy atom. The second-order valence-corrected chi connectivity index (χ2v) is 6.00. The highest BCUT2D eigenvalue weighted by atomic mass is 127. The van der Waals surface area contributed by atoms with E-state index in [1.165, 1.54) is 32.1 Å². The van der Waals surface area contributed by atoms with E-state index in [4.69, 9.17) is 9.47 Å². The van der Waals surface area contributed by atoms with Crippen LogP contribution in [-0.4, -0.2) is 29.8 Å². The van der Waals surface area contributed by atoms with Crippen LogP contribution in [0, 0.1) is 5.92 Å². The van der Waals surface area contributed by atoms with Crippen LogP contribution in [0.15, 0.2) is 0 Å². The van der Waals surface area contributed by atoms with Crippen LogP contribution in [-0.2, 0) is 9.47 Å². The molecular weight excluding hydrogens is 291 g/mol. The molecule has 1 aliphatic carbocycles. The summed E-state index contributed by atoms with van der Waals surface area (Å²) in [5.41, 5.74) is 0. The van der Waals surface area contributed by atoms with E-state index < -0.39 is 0 Å². The summed E-state index contributed by atoms with van der Waals surface area (Å²) in [5.74, 6) is 0.667. The third kappa shape index (κ3) is 3.07. The quantitative estimate of drug-likeness (QED) is 0.589. The normalized spacial score (nSPS) is 38.8. The van der Waals surface area contributed by atoms with Gasteiger partial charge in [-0.25, -0.2) is 0 Å². The first-order chi connectivity index (χ1) is 6.86. The van der Waals surface area contributed by atoms with E-state index in [2.05, 4.69) is 22.6 Å². The van der Waals surface area contributed by atoms with Crippen molar-refractivity contribution in [3.8, 4) is 0 Å². The fourth-order valence-electron chi connectivity index (χ4n) is 2.21. The van der Waals surface area contributed by atoms with E-state index in [0.717, 1.165) is 23.7 Å². The minimum Gasteiger partial charge on any atom is -0.381 e. The summed E-state index contributed by atoms with van der Waals surface area (Å²) in [6, 6.07) is 0. The average Bonchev–Trinajstić information content (AvgIpc) is 2.69. The molecule has 0 aromatic heterocycles. The maximum Gasteiger partial charge on any atom is 0.0692 e. The molecule has 0 radical (unpaired) electrons. The smallest absolute Gasteiger partial charge is 0.0692 e. The molecule has 0 aromatic carbocycles. The Morgan fingerprint density at radius 3 is 2.79 bits per heavy atom. The van der Waals surface area contributed by atoms with Crippen molar-refractivity contribution in [2.24, 2.45) is 5.92 Å². The Bertz CT molecular complexity index is 169. The highest BCUT2D eigenvalue weighted by Crippen LogP contribution is 2.28. The molecule has 0 N–H and O–H groups in total. The van der Waals surface area contributed by atoms with Gasteiger partial charge in [0.1, 0.15) is 0 Å². The Labute approximate surface area is 99.9 Å². The van der Waals surface area contributed by atoms with Gasteiger partial charge in [0, 0.05) is 16.4 Å².